The number of nitrogens with zero attached hydrogens (tertiary/aromatic N) is 1. The zero-order valence-corrected chi connectivity index (χ0v) is 10.4. The molecular formula is C10H22N2OS. The summed E-state index contributed by atoms with van der Waals surface area (Å²) in [7, 11) is 1.85. The first-order chi connectivity index (χ1) is 6.45. The maximum absolute atomic E-state index is 11.5. The summed E-state index contributed by atoms with van der Waals surface area (Å²) >= 11 is 1.66. The van der Waals surface area contributed by atoms with Crippen LogP contribution in [-0.2, 0) is 4.79 Å². The third kappa shape index (κ3) is 6.27. The van der Waals surface area contributed by atoms with Crippen molar-refractivity contribution in [3.63, 3.8) is 0 Å². The van der Waals surface area contributed by atoms with E-state index in [9.17, 15) is 4.79 Å². The Bertz CT molecular complexity index is 172. The molecule has 1 amide bonds. The number of rotatable bonds is 6. The van der Waals surface area contributed by atoms with Crippen LogP contribution in [0.25, 0.3) is 0 Å². The van der Waals surface area contributed by atoms with Crippen LogP contribution in [0, 0.1) is 0 Å². The Morgan fingerprint density at radius 3 is 2.43 bits per heavy atom. The molecule has 0 heterocycles. The third-order valence-corrected chi connectivity index (χ3v) is 3.09. The van der Waals surface area contributed by atoms with Crippen molar-refractivity contribution in [1.82, 2.24) is 4.90 Å². The second-order valence-corrected chi connectivity index (χ2v) is 5.02. The maximum Gasteiger partial charge on any atom is 0.232 e. The summed E-state index contributed by atoms with van der Waals surface area (Å²) < 4.78 is 0. The largest absolute Gasteiger partial charge is 0.343 e. The van der Waals surface area contributed by atoms with Gasteiger partial charge in [-0.1, -0.05) is 0 Å². The molecule has 0 aromatic rings. The number of carbonyl (C=O) groups is 1. The summed E-state index contributed by atoms with van der Waals surface area (Å²) in [6.45, 7) is 6.03. The Morgan fingerprint density at radius 1 is 1.43 bits per heavy atom. The smallest absolute Gasteiger partial charge is 0.232 e. The van der Waals surface area contributed by atoms with E-state index in [2.05, 4.69) is 0 Å². The molecule has 0 aromatic heterocycles. The Balaban J connectivity index is 3.54. The van der Waals surface area contributed by atoms with E-state index in [4.69, 9.17) is 5.73 Å². The van der Waals surface area contributed by atoms with E-state index in [1.807, 2.05) is 27.8 Å². The van der Waals surface area contributed by atoms with E-state index in [1.54, 1.807) is 16.7 Å². The van der Waals surface area contributed by atoms with E-state index in [0.717, 1.165) is 12.2 Å². The Hall–Kier alpha value is -0.220. The Labute approximate surface area is 91.4 Å². The molecule has 14 heavy (non-hydrogen) atoms. The molecule has 84 valence electrons. The number of hydrogen-bond acceptors (Lipinski definition) is 3. The van der Waals surface area contributed by atoms with Gasteiger partial charge in [0, 0.05) is 19.1 Å². The van der Waals surface area contributed by atoms with Crippen molar-refractivity contribution in [2.24, 2.45) is 5.73 Å². The molecule has 0 bridgehead atoms. The minimum absolute atomic E-state index is 0.203. The minimum atomic E-state index is 0.203. The Kier molecular flexibility index (Phi) is 7.01. The van der Waals surface area contributed by atoms with Gasteiger partial charge in [0.15, 0.2) is 0 Å². The van der Waals surface area contributed by atoms with Gasteiger partial charge in [0.25, 0.3) is 0 Å². The molecule has 0 saturated carbocycles. The molecule has 0 spiro atoms. The first-order valence-corrected chi connectivity index (χ1v) is 6.19. The molecule has 3 nitrogen and oxygen atoms in total. The van der Waals surface area contributed by atoms with Gasteiger partial charge in [-0.3, -0.25) is 4.79 Å². The molecule has 0 rings (SSSR count). The Morgan fingerprint density at radius 2 is 2.00 bits per heavy atom. The van der Waals surface area contributed by atoms with Crippen LogP contribution in [0.5, 0.6) is 0 Å². The maximum atomic E-state index is 11.5. The van der Waals surface area contributed by atoms with Crippen molar-refractivity contribution >= 4 is 17.7 Å². The second-order valence-electron chi connectivity index (χ2n) is 3.92. The average Bonchev–Trinajstić information content (AvgIpc) is 2.10. The fraction of sp³-hybridized carbons (Fsp3) is 0.900. The first kappa shape index (κ1) is 13.8. The number of nitrogens with two attached hydrogens (primary N) is 1. The number of thioether (sulfide) groups is 1. The number of hydrogen-bond donors (Lipinski definition) is 1. The van der Waals surface area contributed by atoms with Crippen molar-refractivity contribution < 1.29 is 4.79 Å². The van der Waals surface area contributed by atoms with Gasteiger partial charge in [-0.05, 0) is 32.9 Å². The second kappa shape index (κ2) is 7.12. The molecule has 0 aromatic carbocycles. The molecule has 4 heteroatoms. The standard InChI is InChI=1S/C10H22N2OS/c1-8(2)12(4)10(13)7-14-6-5-9(3)11/h8-9H,5-7,11H2,1-4H3. The molecule has 0 aliphatic rings. The zero-order chi connectivity index (χ0) is 11.1. The molecule has 0 aliphatic carbocycles. The van der Waals surface area contributed by atoms with Gasteiger partial charge in [-0.15, -0.1) is 0 Å². The predicted molar refractivity (Wildman–Crippen MR) is 63.5 cm³/mol. The average molecular weight is 218 g/mol. The lowest BCUT2D eigenvalue weighted by Gasteiger charge is -2.21. The minimum Gasteiger partial charge on any atom is -0.343 e. The van der Waals surface area contributed by atoms with E-state index >= 15 is 0 Å². The fourth-order valence-corrected chi connectivity index (χ4v) is 1.88. The number of carbonyl (C=O) groups excluding carboxylic acids is 1. The molecule has 1 atom stereocenters. The van der Waals surface area contributed by atoms with E-state index in [0.29, 0.717) is 5.75 Å². The zero-order valence-electron chi connectivity index (χ0n) is 9.62. The highest BCUT2D eigenvalue weighted by molar-refractivity contribution is 7.99. The lowest BCUT2D eigenvalue weighted by atomic mass is 10.3. The van der Waals surface area contributed by atoms with Crippen LogP contribution in [0.4, 0.5) is 0 Å². The fourth-order valence-electron chi connectivity index (χ4n) is 0.819. The van der Waals surface area contributed by atoms with Crippen LogP contribution in [0.1, 0.15) is 27.2 Å². The highest BCUT2D eigenvalue weighted by Crippen LogP contribution is 2.06. The van der Waals surface area contributed by atoms with Crippen LogP contribution >= 0.6 is 11.8 Å². The van der Waals surface area contributed by atoms with Gasteiger partial charge in [-0.25, -0.2) is 0 Å². The molecule has 0 fully saturated rings. The van der Waals surface area contributed by atoms with Crippen LogP contribution in [0.15, 0.2) is 0 Å². The van der Waals surface area contributed by atoms with E-state index in [1.165, 1.54) is 0 Å². The summed E-state index contributed by atoms with van der Waals surface area (Å²) in [4.78, 5) is 13.3. The topological polar surface area (TPSA) is 46.3 Å². The van der Waals surface area contributed by atoms with E-state index < -0.39 is 0 Å². The lowest BCUT2D eigenvalue weighted by molar-refractivity contribution is -0.128. The van der Waals surface area contributed by atoms with Crippen molar-refractivity contribution in [3.05, 3.63) is 0 Å². The van der Waals surface area contributed by atoms with Gasteiger partial charge in [0.1, 0.15) is 0 Å². The van der Waals surface area contributed by atoms with Crippen molar-refractivity contribution in [3.8, 4) is 0 Å². The van der Waals surface area contributed by atoms with Crippen LogP contribution < -0.4 is 5.73 Å². The van der Waals surface area contributed by atoms with Crippen LogP contribution in [0.3, 0.4) is 0 Å². The first-order valence-electron chi connectivity index (χ1n) is 5.04. The van der Waals surface area contributed by atoms with Crippen molar-refractivity contribution in [2.75, 3.05) is 18.6 Å². The monoisotopic (exact) mass is 218 g/mol. The summed E-state index contributed by atoms with van der Waals surface area (Å²) in [6.07, 6.45) is 0.976. The highest BCUT2D eigenvalue weighted by atomic mass is 32.2. The normalized spacial score (nSPS) is 13.0. The molecule has 0 radical (unpaired) electrons. The molecule has 1 unspecified atom stereocenters. The van der Waals surface area contributed by atoms with Gasteiger partial charge in [-0.2, -0.15) is 11.8 Å². The van der Waals surface area contributed by atoms with Crippen LogP contribution in [-0.4, -0.2) is 41.4 Å². The quantitative estimate of drug-likeness (QED) is 0.684. The van der Waals surface area contributed by atoms with Crippen molar-refractivity contribution in [2.45, 2.75) is 39.3 Å². The SMILES string of the molecule is CC(N)CCSCC(=O)N(C)C(C)C. The summed E-state index contributed by atoms with van der Waals surface area (Å²) in [5.41, 5.74) is 5.61. The molecule has 0 aliphatic heterocycles. The van der Waals surface area contributed by atoms with Gasteiger partial charge in [0.2, 0.25) is 5.91 Å². The molecule has 0 saturated heterocycles. The number of amides is 1. The summed E-state index contributed by atoms with van der Waals surface area (Å²) in [6, 6.07) is 0.525. The van der Waals surface area contributed by atoms with E-state index in [-0.39, 0.29) is 18.0 Å². The molecule has 2 N–H and O–H groups in total. The third-order valence-electron chi connectivity index (χ3n) is 2.11. The molecular weight excluding hydrogens is 196 g/mol. The highest BCUT2D eigenvalue weighted by Gasteiger charge is 2.11. The summed E-state index contributed by atoms with van der Waals surface area (Å²) in [5.74, 6) is 1.74. The lowest BCUT2D eigenvalue weighted by Crippen LogP contribution is -2.34. The van der Waals surface area contributed by atoms with Crippen LogP contribution in [0.2, 0.25) is 0 Å². The van der Waals surface area contributed by atoms with Gasteiger partial charge >= 0.3 is 0 Å². The van der Waals surface area contributed by atoms with Gasteiger partial charge in [0.05, 0.1) is 5.75 Å². The summed E-state index contributed by atoms with van der Waals surface area (Å²) in [5, 5.41) is 0. The predicted octanol–water partition coefficient (Wildman–Crippen LogP) is 1.32. The van der Waals surface area contributed by atoms with Crippen molar-refractivity contribution in [1.29, 1.82) is 0 Å². The van der Waals surface area contributed by atoms with Gasteiger partial charge < -0.3 is 10.6 Å².